The Labute approximate surface area is 69.5 Å². The van der Waals surface area contributed by atoms with Crippen molar-refractivity contribution in [2.24, 2.45) is 0 Å². The number of aliphatic hydroxyl groups excluding tert-OH is 1. The standard InChI is InChI=1S/C8H9FN2O/c9-6-1-2-8(10-3-6)11-4-7(12)5-11/h1-3,7,12H,4-5H2. The van der Waals surface area contributed by atoms with Crippen LogP contribution in [0.3, 0.4) is 0 Å². The molecular formula is C8H9FN2O. The Kier molecular flexibility index (Phi) is 1.69. The fourth-order valence-corrected chi connectivity index (χ4v) is 1.20. The minimum Gasteiger partial charge on any atom is -0.389 e. The Morgan fingerprint density at radius 2 is 2.25 bits per heavy atom. The molecule has 1 aromatic rings. The van der Waals surface area contributed by atoms with Crippen molar-refractivity contribution in [3.63, 3.8) is 0 Å². The number of β-amino-alcohol motifs (C(OH)–C–C–N with tert-alkyl or cyclic N) is 1. The van der Waals surface area contributed by atoms with Crippen LogP contribution in [-0.2, 0) is 0 Å². The fraction of sp³-hybridized carbons (Fsp3) is 0.375. The van der Waals surface area contributed by atoms with Crippen molar-refractivity contribution < 1.29 is 9.50 Å². The molecule has 2 rings (SSSR count). The minimum atomic E-state index is -0.333. The van der Waals surface area contributed by atoms with Crippen LogP contribution in [0.25, 0.3) is 0 Å². The van der Waals surface area contributed by atoms with Gasteiger partial charge in [0.1, 0.15) is 11.6 Å². The van der Waals surface area contributed by atoms with Crippen molar-refractivity contribution in [3.05, 3.63) is 24.1 Å². The van der Waals surface area contributed by atoms with E-state index in [4.69, 9.17) is 5.11 Å². The molecule has 1 fully saturated rings. The third kappa shape index (κ3) is 1.25. The van der Waals surface area contributed by atoms with E-state index >= 15 is 0 Å². The van der Waals surface area contributed by atoms with Gasteiger partial charge in [-0.15, -0.1) is 0 Å². The van der Waals surface area contributed by atoms with Crippen LogP contribution in [0.1, 0.15) is 0 Å². The Hall–Kier alpha value is -1.16. The summed E-state index contributed by atoms with van der Waals surface area (Å²) < 4.78 is 12.4. The quantitative estimate of drug-likeness (QED) is 0.659. The molecule has 0 bridgehead atoms. The number of anilines is 1. The molecule has 4 heteroatoms. The van der Waals surface area contributed by atoms with Crippen LogP contribution in [-0.4, -0.2) is 29.3 Å². The van der Waals surface area contributed by atoms with Crippen molar-refractivity contribution in [3.8, 4) is 0 Å². The van der Waals surface area contributed by atoms with Crippen LogP contribution < -0.4 is 4.90 Å². The molecule has 0 amide bonds. The number of aliphatic hydroxyl groups is 1. The van der Waals surface area contributed by atoms with E-state index in [-0.39, 0.29) is 11.9 Å². The second-order valence-electron chi connectivity index (χ2n) is 2.89. The molecular weight excluding hydrogens is 159 g/mol. The summed E-state index contributed by atoms with van der Waals surface area (Å²) in [4.78, 5) is 5.77. The maximum Gasteiger partial charge on any atom is 0.141 e. The molecule has 1 aromatic heterocycles. The molecule has 1 aliphatic heterocycles. The molecule has 0 unspecified atom stereocenters. The van der Waals surface area contributed by atoms with E-state index in [2.05, 4.69) is 4.98 Å². The van der Waals surface area contributed by atoms with Crippen molar-refractivity contribution in [2.75, 3.05) is 18.0 Å². The first-order chi connectivity index (χ1) is 5.75. The normalized spacial score (nSPS) is 17.7. The zero-order valence-electron chi connectivity index (χ0n) is 6.44. The van der Waals surface area contributed by atoms with Gasteiger partial charge in [0, 0.05) is 13.1 Å². The van der Waals surface area contributed by atoms with Crippen LogP contribution in [0.2, 0.25) is 0 Å². The van der Waals surface area contributed by atoms with Crippen LogP contribution in [0.5, 0.6) is 0 Å². The van der Waals surface area contributed by atoms with Crippen molar-refractivity contribution in [1.29, 1.82) is 0 Å². The number of hydrogen-bond acceptors (Lipinski definition) is 3. The van der Waals surface area contributed by atoms with Crippen molar-refractivity contribution in [2.45, 2.75) is 6.10 Å². The van der Waals surface area contributed by atoms with E-state index in [1.165, 1.54) is 12.3 Å². The molecule has 0 aliphatic carbocycles. The maximum atomic E-state index is 12.4. The molecule has 1 N–H and O–H groups in total. The van der Waals surface area contributed by atoms with Gasteiger partial charge < -0.3 is 10.0 Å². The van der Waals surface area contributed by atoms with Gasteiger partial charge >= 0.3 is 0 Å². The summed E-state index contributed by atoms with van der Waals surface area (Å²) in [5, 5.41) is 8.99. The predicted molar refractivity (Wildman–Crippen MR) is 42.4 cm³/mol. The lowest BCUT2D eigenvalue weighted by Gasteiger charge is -2.36. The first-order valence-corrected chi connectivity index (χ1v) is 3.80. The molecule has 3 nitrogen and oxygen atoms in total. The maximum absolute atomic E-state index is 12.4. The first-order valence-electron chi connectivity index (χ1n) is 3.80. The highest BCUT2D eigenvalue weighted by molar-refractivity contribution is 5.41. The lowest BCUT2D eigenvalue weighted by Crippen LogP contribution is -2.51. The lowest BCUT2D eigenvalue weighted by atomic mass is 10.2. The summed E-state index contributed by atoms with van der Waals surface area (Å²) in [6.45, 7) is 1.19. The van der Waals surface area contributed by atoms with Gasteiger partial charge in [0.25, 0.3) is 0 Å². The highest BCUT2D eigenvalue weighted by Gasteiger charge is 2.24. The summed E-state index contributed by atoms with van der Waals surface area (Å²) in [6.07, 6.45) is 0.928. The van der Waals surface area contributed by atoms with Gasteiger partial charge in [-0.2, -0.15) is 0 Å². The summed E-state index contributed by atoms with van der Waals surface area (Å²) in [7, 11) is 0. The number of hydrogen-bond donors (Lipinski definition) is 1. The Morgan fingerprint density at radius 3 is 2.75 bits per heavy atom. The highest BCUT2D eigenvalue weighted by atomic mass is 19.1. The van der Waals surface area contributed by atoms with Crippen molar-refractivity contribution >= 4 is 5.82 Å². The molecule has 2 heterocycles. The van der Waals surface area contributed by atoms with Gasteiger partial charge in [-0.25, -0.2) is 9.37 Å². The fourth-order valence-electron chi connectivity index (χ4n) is 1.20. The molecule has 12 heavy (non-hydrogen) atoms. The molecule has 0 spiro atoms. The van der Waals surface area contributed by atoms with Crippen LogP contribution in [0, 0.1) is 5.82 Å². The number of aromatic nitrogens is 1. The van der Waals surface area contributed by atoms with E-state index in [1.807, 2.05) is 4.90 Å². The number of pyridine rings is 1. The molecule has 0 aromatic carbocycles. The summed E-state index contributed by atoms with van der Waals surface area (Å²) in [6, 6.07) is 2.98. The topological polar surface area (TPSA) is 36.4 Å². The Bertz CT molecular complexity index is 269. The zero-order chi connectivity index (χ0) is 8.55. The van der Waals surface area contributed by atoms with Gasteiger partial charge in [0.05, 0.1) is 12.3 Å². The number of halogens is 1. The molecule has 0 radical (unpaired) electrons. The van der Waals surface area contributed by atoms with Gasteiger partial charge in [0.15, 0.2) is 0 Å². The molecule has 1 saturated heterocycles. The van der Waals surface area contributed by atoms with Gasteiger partial charge in [-0.3, -0.25) is 0 Å². The van der Waals surface area contributed by atoms with E-state index in [9.17, 15) is 4.39 Å². The third-order valence-electron chi connectivity index (χ3n) is 1.90. The van der Waals surface area contributed by atoms with E-state index in [0.717, 1.165) is 5.82 Å². The first kappa shape index (κ1) is 7.49. The number of rotatable bonds is 1. The summed E-state index contributed by atoms with van der Waals surface area (Å²) >= 11 is 0. The molecule has 64 valence electrons. The van der Waals surface area contributed by atoms with E-state index in [0.29, 0.717) is 13.1 Å². The Morgan fingerprint density at radius 1 is 1.50 bits per heavy atom. The minimum absolute atomic E-state index is 0.253. The second-order valence-corrected chi connectivity index (χ2v) is 2.89. The SMILES string of the molecule is OC1CN(c2ccc(F)cn2)C1. The van der Waals surface area contributed by atoms with E-state index in [1.54, 1.807) is 6.07 Å². The monoisotopic (exact) mass is 168 g/mol. The largest absolute Gasteiger partial charge is 0.389 e. The smallest absolute Gasteiger partial charge is 0.141 e. The van der Waals surface area contributed by atoms with Crippen molar-refractivity contribution in [1.82, 2.24) is 4.98 Å². The van der Waals surface area contributed by atoms with Crippen LogP contribution in [0.15, 0.2) is 18.3 Å². The average Bonchev–Trinajstić information content (AvgIpc) is 2.01. The predicted octanol–water partition coefficient (Wildman–Crippen LogP) is 0.402. The van der Waals surface area contributed by atoms with Gasteiger partial charge in [0.2, 0.25) is 0 Å². The average molecular weight is 168 g/mol. The molecule has 1 aliphatic rings. The van der Waals surface area contributed by atoms with Crippen LogP contribution in [0.4, 0.5) is 10.2 Å². The Balaban J connectivity index is 2.09. The van der Waals surface area contributed by atoms with Crippen LogP contribution >= 0.6 is 0 Å². The van der Waals surface area contributed by atoms with Gasteiger partial charge in [-0.1, -0.05) is 0 Å². The number of nitrogens with zero attached hydrogens (tertiary/aromatic N) is 2. The highest BCUT2D eigenvalue weighted by Crippen LogP contribution is 2.17. The molecule has 0 saturated carbocycles. The second kappa shape index (κ2) is 2.71. The summed E-state index contributed by atoms with van der Waals surface area (Å²) in [5.41, 5.74) is 0. The third-order valence-corrected chi connectivity index (χ3v) is 1.90. The molecule has 0 atom stereocenters. The van der Waals surface area contributed by atoms with Gasteiger partial charge in [-0.05, 0) is 12.1 Å². The zero-order valence-corrected chi connectivity index (χ0v) is 6.44. The van der Waals surface area contributed by atoms with E-state index < -0.39 is 0 Å². The lowest BCUT2D eigenvalue weighted by molar-refractivity contribution is 0.141. The summed E-state index contributed by atoms with van der Waals surface area (Å²) in [5.74, 6) is 0.390.